The van der Waals surface area contributed by atoms with Crippen molar-refractivity contribution >= 4 is 22.7 Å². The van der Waals surface area contributed by atoms with E-state index in [2.05, 4.69) is 0 Å². The highest BCUT2D eigenvalue weighted by Crippen LogP contribution is 2.30. The van der Waals surface area contributed by atoms with Crippen LogP contribution in [-0.4, -0.2) is 12.0 Å². The summed E-state index contributed by atoms with van der Waals surface area (Å²) < 4.78 is 0. The molecule has 0 amide bonds. The van der Waals surface area contributed by atoms with Crippen molar-refractivity contribution in [1.29, 1.82) is 0 Å². The van der Waals surface area contributed by atoms with E-state index in [0.29, 0.717) is 0 Å². The van der Waals surface area contributed by atoms with E-state index in [1.54, 1.807) is 12.1 Å². The molecule has 2 N–H and O–H groups in total. The maximum absolute atomic E-state index is 10.7. The summed E-state index contributed by atoms with van der Waals surface area (Å²) in [5.41, 5.74) is 8.79. The minimum atomic E-state index is -0.481. The van der Waals surface area contributed by atoms with Crippen molar-refractivity contribution in [2.24, 2.45) is 0 Å². The number of nitro benzene ring substituents is 1. The van der Waals surface area contributed by atoms with Gasteiger partial charge in [-0.15, -0.1) is 0 Å². The van der Waals surface area contributed by atoms with Gasteiger partial charge in [0.25, 0.3) is 5.69 Å². The molecule has 5 nitrogen and oxygen atoms in total. The smallest absolute Gasteiger partial charge is 0.292 e. The lowest BCUT2D eigenvalue weighted by molar-refractivity contribution is -0.383. The molecule has 0 aliphatic rings. The van der Waals surface area contributed by atoms with Gasteiger partial charge in [0.2, 0.25) is 0 Å². The van der Waals surface area contributed by atoms with Crippen LogP contribution in [0.15, 0.2) is 42.5 Å². The molecular formula is C14H15N3O2. The second-order valence-electron chi connectivity index (χ2n) is 4.39. The SMILES string of the molecule is Cc1ccc(N(C)c2ccc([N+](=O)[O-])c(N)c2)cc1. The maximum atomic E-state index is 10.7. The molecule has 0 spiro atoms. The Labute approximate surface area is 111 Å². The number of benzene rings is 2. The van der Waals surface area contributed by atoms with E-state index in [9.17, 15) is 10.1 Å². The maximum Gasteiger partial charge on any atom is 0.292 e. The molecule has 0 unspecified atom stereocenters. The number of hydrogen-bond acceptors (Lipinski definition) is 4. The van der Waals surface area contributed by atoms with Gasteiger partial charge in [-0.3, -0.25) is 10.1 Å². The Morgan fingerprint density at radius 2 is 1.68 bits per heavy atom. The molecule has 0 saturated carbocycles. The van der Waals surface area contributed by atoms with E-state index in [1.165, 1.54) is 11.6 Å². The van der Waals surface area contributed by atoms with Gasteiger partial charge in [-0.2, -0.15) is 0 Å². The molecule has 5 heteroatoms. The molecule has 19 heavy (non-hydrogen) atoms. The van der Waals surface area contributed by atoms with Crippen LogP contribution in [0.2, 0.25) is 0 Å². The Morgan fingerprint density at radius 1 is 1.11 bits per heavy atom. The van der Waals surface area contributed by atoms with E-state index in [-0.39, 0.29) is 11.4 Å². The zero-order valence-electron chi connectivity index (χ0n) is 10.8. The van der Waals surface area contributed by atoms with Gasteiger partial charge >= 0.3 is 0 Å². The van der Waals surface area contributed by atoms with Crippen LogP contribution in [0, 0.1) is 17.0 Å². The van der Waals surface area contributed by atoms with E-state index in [4.69, 9.17) is 5.73 Å². The highest BCUT2D eigenvalue weighted by Gasteiger charge is 2.13. The number of nitrogens with zero attached hydrogens (tertiary/aromatic N) is 2. The monoisotopic (exact) mass is 257 g/mol. The van der Waals surface area contributed by atoms with Gasteiger partial charge in [0.1, 0.15) is 5.69 Å². The van der Waals surface area contributed by atoms with E-state index >= 15 is 0 Å². The zero-order valence-corrected chi connectivity index (χ0v) is 10.8. The third-order valence-corrected chi connectivity index (χ3v) is 3.02. The first-order valence-electron chi connectivity index (χ1n) is 5.83. The summed E-state index contributed by atoms with van der Waals surface area (Å²) in [7, 11) is 1.89. The molecule has 0 aliphatic heterocycles. The van der Waals surface area contributed by atoms with Crippen molar-refractivity contribution in [2.75, 3.05) is 17.7 Å². The number of nitro groups is 1. The van der Waals surface area contributed by atoms with Crippen LogP contribution in [0.5, 0.6) is 0 Å². The van der Waals surface area contributed by atoms with Crippen LogP contribution in [0.3, 0.4) is 0 Å². The molecule has 0 saturated heterocycles. The molecule has 0 bridgehead atoms. The van der Waals surface area contributed by atoms with Crippen LogP contribution < -0.4 is 10.6 Å². The molecule has 0 fully saturated rings. The average Bonchev–Trinajstić information content (AvgIpc) is 2.38. The Morgan fingerprint density at radius 3 is 2.21 bits per heavy atom. The fourth-order valence-corrected chi connectivity index (χ4v) is 1.83. The van der Waals surface area contributed by atoms with E-state index in [1.807, 2.05) is 43.1 Å². The highest BCUT2D eigenvalue weighted by molar-refractivity contribution is 5.71. The summed E-state index contributed by atoms with van der Waals surface area (Å²) in [5.74, 6) is 0. The van der Waals surface area contributed by atoms with Gasteiger partial charge in [-0.1, -0.05) is 17.7 Å². The Bertz CT molecular complexity index is 609. The Hall–Kier alpha value is -2.56. The second kappa shape index (κ2) is 4.97. The standard InChI is InChI=1S/C14H15N3O2/c1-10-3-5-11(6-4-10)16(2)12-7-8-14(17(18)19)13(15)9-12/h3-9H,15H2,1-2H3. The number of nitrogen functional groups attached to an aromatic ring is 1. The van der Waals surface area contributed by atoms with Gasteiger partial charge in [-0.05, 0) is 31.2 Å². The molecule has 0 aromatic heterocycles. The van der Waals surface area contributed by atoms with Crippen molar-refractivity contribution in [3.63, 3.8) is 0 Å². The zero-order chi connectivity index (χ0) is 14.0. The summed E-state index contributed by atoms with van der Waals surface area (Å²) in [4.78, 5) is 12.2. The van der Waals surface area contributed by atoms with Crippen LogP contribution >= 0.6 is 0 Å². The lowest BCUT2D eigenvalue weighted by atomic mass is 10.2. The molecule has 2 rings (SSSR count). The highest BCUT2D eigenvalue weighted by atomic mass is 16.6. The van der Waals surface area contributed by atoms with Gasteiger partial charge in [0.05, 0.1) is 4.92 Å². The number of aryl methyl sites for hydroxylation is 1. The Kier molecular flexibility index (Phi) is 3.37. The summed E-state index contributed by atoms with van der Waals surface area (Å²) in [6, 6.07) is 12.7. The molecule has 0 atom stereocenters. The van der Waals surface area contributed by atoms with E-state index in [0.717, 1.165) is 11.4 Å². The van der Waals surface area contributed by atoms with Crippen LogP contribution in [-0.2, 0) is 0 Å². The quantitative estimate of drug-likeness (QED) is 0.520. The van der Waals surface area contributed by atoms with Crippen molar-refractivity contribution in [1.82, 2.24) is 0 Å². The third kappa shape index (κ3) is 2.65. The molecule has 98 valence electrons. The first-order chi connectivity index (χ1) is 8.99. The molecule has 2 aromatic carbocycles. The van der Waals surface area contributed by atoms with E-state index < -0.39 is 4.92 Å². The first-order valence-corrected chi connectivity index (χ1v) is 5.83. The van der Waals surface area contributed by atoms with Crippen LogP contribution in [0.25, 0.3) is 0 Å². The normalized spacial score (nSPS) is 10.2. The van der Waals surface area contributed by atoms with Gasteiger partial charge < -0.3 is 10.6 Å². The van der Waals surface area contributed by atoms with Crippen molar-refractivity contribution in [3.05, 3.63) is 58.1 Å². The fraction of sp³-hybridized carbons (Fsp3) is 0.143. The number of anilines is 3. The second-order valence-corrected chi connectivity index (χ2v) is 4.39. The minimum Gasteiger partial charge on any atom is -0.393 e. The lowest BCUT2D eigenvalue weighted by Gasteiger charge is -2.20. The first kappa shape index (κ1) is 12.9. The van der Waals surface area contributed by atoms with Crippen LogP contribution in [0.4, 0.5) is 22.7 Å². The van der Waals surface area contributed by atoms with Crippen molar-refractivity contribution < 1.29 is 4.92 Å². The molecule has 2 aromatic rings. The summed E-state index contributed by atoms with van der Waals surface area (Å²) in [6.07, 6.45) is 0. The summed E-state index contributed by atoms with van der Waals surface area (Å²) >= 11 is 0. The molecule has 0 heterocycles. The van der Waals surface area contributed by atoms with Gasteiger partial charge in [0.15, 0.2) is 0 Å². The average molecular weight is 257 g/mol. The molecular weight excluding hydrogens is 242 g/mol. The van der Waals surface area contributed by atoms with Crippen LogP contribution in [0.1, 0.15) is 5.56 Å². The third-order valence-electron chi connectivity index (χ3n) is 3.02. The van der Waals surface area contributed by atoms with Crippen molar-refractivity contribution in [2.45, 2.75) is 6.92 Å². The minimum absolute atomic E-state index is 0.0685. The molecule has 0 aliphatic carbocycles. The van der Waals surface area contributed by atoms with Gasteiger partial charge in [0, 0.05) is 24.5 Å². The summed E-state index contributed by atoms with van der Waals surface area (Å²) in [6.45, 7) is 2.02. The van der Waals surface area contributed by atoms with Crippen molar-refractivity contribution in [3.8, 4) is 0 Å². The summed E-state index contributed by atoms with van der Waals surface area (Å²) in [5, 5.41) is 10.7. The fourth-order valence-electron chi connectivity index (χ4n) is 1.83. The number of rotatable bonds is 3. The largest absolute Gasteiger partial charge is 0.393 e. The lowest BCUT2D eigenvalue weighted by Crippen LogP contribution is -2.10. The predicted octanol–water partition coefficient (Wildman–Crippen LogP) is 3.25. The van der Waals surface area contributed by atoms with Gasteiger partial charge in [-0.25, -0.2) is 0 Å². The molecule has 0 radical (unpaired) electrons. The number of hydrogen-bond donors (Lipinski definition) is 1. The predicted molar refractivity (Wildman–Crippen MR) is 76.8 cm³/mol. The Balaban J connectivity index is 2.34. The number of nitrogens with two attached hydrogens (primary N) is 1. The topological polar surface area (TPSA) is 72.4 Å².